The van der Waals surface area contributed by atoms with Crippen molar-refractivity contribution < 1.29 is 23.1 Å². The van der Waals surface area contributed by atoms with Crippen LogP contribution in [0.1, 0.15) is 13.8 Å². The molecule has 0 bridgehead atoms. The zero-order valence-electron chi connectivity index (χ0n) is 11.5. The maximum Gasteiger partial charge on any atom is 0.338 e. The van der Waals surface area contributed by atoms with Gasteiger partial charge < -0.3 is 13.8 Å². The van der Waals surface area contributed by atoms with E-state index in [1.54, 1.807) is 38.1 Å². The third-order valence-corrected chi connectivity index (χ3v) is 4.53. The van der Waals surface area contributed by atoms with Crippen molar-refractivity contribution in [3.63, 3.8) is 0 Å². The van der Waals surface area contributed by atoms with E-state index in [-0.39, 0.29) is 31.8 Å². The molecule has 0 unspecified atom stereocenters. The van der Waals surface area contributed by atoms with Crippen LogP contribution in [0.25, 0.3) is 0 Å². The summed E-state index contributed by atoms with van der Waals surface area (Å²) in [5, 5.41) is 0.584. The van der Waals surface area contributed by atoms with E-state index in [4.69, 9.17) is 25.4 Å². The van der Waals surface area contributed by atoms with Gasteiger partial charge in [0.2, 0.25) is 0 Å². The first-order valence-electron chi connectivity index (χ1n) is 6.27. The number of ketones is 1. The van der Waals surface area contributed by atoms with Crippen molar-refractivity contribution in [2.75, 3.05) is 26.0 Å². The monoisotopic (exact) mass is 320 g/mol. The molecule has 0 amide bonds. The van der Waals surface area contributed by atoms with Crippen LogP contribution in [0.4, 0.5) is 0 Å². The standard InChI is InChI=1S/C13H18ClO5P/c1-3-18-20(16,19-4-2)10-12(15)9-17-13-7-5-11(14)6-8-13/h5-8H,3-4,9-10H2,1-2H3. The third-order valence-electron chi connectivity index (χ3n) is 2.24. The molecule has 1 aromatic rings. The minimum atomic E-state index is -3.36. The zero-order valence-corrected chi connectivity index (χ0v) is 13.2. The molecule has 1 aromatic carbocycles. The molecule has 0 aliphatic carbocycles. The van der Waals surface area contributed by atoms with Gasteiger partial charge in [0.05, 0.1) is 13.2 Å². The lowest BCUT2D eigenvalue weighted by molar-refractivity contribution is -0.118. The Bertz CT molecular complexity index is 464. The van der Waals surface area contributed by atoms with Crippen molar-refractivity contribution in [2.24, 2.45) is 0 Å². The number of carbonyl (C=O) groups excluding carboxylic acids is 1. The molecule has 7 heteroatoms. The number of Topliss-reactive ketones (excluding diaryl/α,β-unsaturated/α-hetero) is 1. The fraction of sp³-hybridized carbons (Fsp3) is 0.462. The molecule has 0 saturated heterocycles. The van der Waals surface area contributed by atoms with Crippen molar-refractivity contribution in [1.29, 1.82) is 0 Å². The van der Waals surface area contributed by atoms with Crippen LogP contribution in [0.5, 0.6) is 5.75 Å². The topological polar surface area (TPSA) is 61.8 Å². The van der Waals surface area contributed by atoms with Gasteiger partial charge in [0.15, 0.2) is 5.78 Å². The first kappa shape index (κ1) is 17.2. The molecule has 0 aliphatic heterocycles. The Labute approximate surface area is 123 Å². The molecule has 0 radical (unpaired) electrons. The van der Waals surface area contributed by atoms with Crippen LogP contribution in [0.3, 0.4) is 0 Å². The second-order valence-corrected chi connectivity index (χ2v) is 6.38. The average Bonchev–Trinajstić information content (AvgIpc) is 2.38. The summed E-state index contributed by atoms with van der Waals surface area (Å²) in [6.07, 6.45) is -0.289. The smallest absolute Gasteiger partial charge is 0.338 e. The Kier molecular flexibility index (Phi) is 7.24. The van der Waals surface area contributed by atoms with Crippen LogP contribution >= 0.6 is 19.2 Å². The fourth-order valence-corrected chi connectivity index (χ4v) is 3.17. The van der Waals surface area contributed by atoms with E-state index in [2.05, 4.69) is 0 Å². The van der Waals surface area contributed by atoms with E-state index in [1.807, 2.05) is 0 Å². The van der Waals surface area contributed by atoms with Gasteiger partial charge in [-0.05, 0) is 38.1 Å². The van der Waals surface area contributed by atoms with E-state index in [1.165, 1.54) is 0 Å². The molecule has 0 heterocycles. The highest BCUT2D eigenvalue weighted by Crippen LogP contribution is 2.47. The van der Waals surface area contributed by atoms with E-state index >= 15 is 0 Å². The van der Waals surface area contributed by atoms with E-state index < -0.39 is 7.60 Å². The lowest BCUT2D eigenvalue weighted by Gasteiger charge is -2.16. The SMILES string of the molecule is CCOP(=O)(CC(=O)COc1ccc(Cl)cc1)OCC. The normalized spacial score (nSPS) is 11.3. The molecule has 0 fully saturated rings. The van der Waals surface area contributed by atoms with E-state index in [0.29, 0.717) is 10.8 Å². The summed E-state index contributed by atoms with van der Waals surface area (Å²) in [5.41, 5.74) is 0. The van der Waals surface area contributed by atoms with Gasteiger partial charge in [-0.3, -0.25) is 9.36 Å². The number of hydrogen-bond donors (Lipinski definition) is 0. The fourth-order valence-electron chi connectivity index (χ4n) is 1.48. The first-order valence-corrected chi connectivity index (χ1v) is 8.38. The summed E-state index contributed by atoms with van der Waals surface area (Å²) in [4.78, 5) is 11.8. The van der Waals surface area contributed by atoms with Gasteiger partial charge in [-0.15, -0.1) is 0 Å². The number of rotatable bonds is 9. The Morgan fingerprint density at radius 2 is 1.70 bits per heavy atom. The highest BCUT2D eigenvalue weighted by molar-refractivity contribution is 7.54. The minimum Gasteiger partial charge on any atom is -0.486 e. The highest BCUT2D eigenvalue weighted by Gasteiger charge is 2.27. The largest absolute Gasteiger partial charge is 0.486 e. The second-order valence-electron chi connectivity index (χ2n) is 3.89. The Balaban J connectivity index is 2.49. The summed E-state index contributed by atoms with van der Waals surface area (Å²) in [6, 6.07) is 6.62. The zero-order chi connectivity index (χ0) is 15.0. The minimum absolute atomic E-state index is 0.189. The molecule has 0 aromatic heterocycles. The van der Waals surface area contributed by atoms with Crippen molar-refractivity contribution in [2.45, 2.75) is 13.8 Å². The van der Waals surface area contributed by atoms with Gasteiger partial charge in [-0.25, -0.2) is 0 Å². The third kappa shape index (κ3) is 6.06. The van der Waals surface area contributed by atoms with Gasteiger partial charge >= 0.3 is 7.60 Å². The maximum absolute atomic E-state index is 12.1. The average molecular weight is 321 g/mol. The highest BCUT2D eigenvalue weighted by atomic mass is 35.5. The summed E-state index contributed by atoms with van der Waals surface area (Å²) < 4.78 is 27.5. The summed E-state index contributed by atoms with van der Waals surface area (Å²) in [7, 11) is -3.36. The molecule has 0 atom stereocenters. The van der Waals surface area contributed by atoms with Crippen molar-refractivity contribution >= 4 is 25.0 Å². The lowest BCUT2D eigenvalue weighted by Crippen LogP contribution is -2.17. The summed E-state index contributed by atoms with van der Waals surface area (Å²) >= 11 is 5.74. The Morgan fingerprint density at radius 3 is 2.20 bits per heavy atom. The predicted octanol–water partition coefficient (Wildman–Crippen LogP) is 3.55. The second kappa shape index (κ2) is 8.42. The van der Waals surface area contributed by atoms with Crippen molar-refractivity contribution in [1.82, 2.24) is 0 Å². The molecule has 0 saturated carbocycles. The van der Waals surface area contributed by atoms with Gasteiger partial charge in [0, 0.05) is 5.02 Å². The lowest BCUT2D eigenvalue weighted by atomic mass is 10.3. The first-order chi connectivity index (χ1) is 9.49. The summed E-state index contributed by atoms with van der Waals surface area (Å²) in [5.74, 6) is 0.176. The Hall–Kier alpha value is -0.870. The predicted molar refractivity (Wildman–Crippen MR) is 77.7 cm³/mol. The molecule has 0 N–H and O–H groups in total. The van der Waals surface area contributed by atoms with Gasteiger partial charge in [-0.2, -0.15) is 0 Å². The van der Waals surface area contributed by atoms with Gasteiger partial charge in [0.25, 0.3) is 0 Å². The van der Waals surface area contributed by atoms with Crippen LogP contribution < -0.4 is 4.74 Å². The van der Waals surface area contributed by atoms with Crippen molar-refractivity contribution in [3.05, 3.63) is 29.3 Å². The van der Waals surface area contributed by atoms with Crippen LogP contribution in [0.2, 0.25) is 5.02 Å². The Morgan fingerprint density at radius 1 is 1.15 bits per heavy atom. The molecule has 1 rings (SSSR count). The van der Waals surface area contributed by atoms with Crippen LogP contribution in [-0.2, 0) is 18.4 Å². The molecule has 5 nitrogen and oxygen atoms in total. The summed E-state index contributed by atoms with van der Waals surface area (Å²) in [6.45, 7) is 3.65. The van der Waals surface area contributed by atoms with Crippen LogP contribution in [0, 0.1) is 0 Å². The molecular weight excluding hydrogens is 303 g/mol. The van der Waals surface area contributed by atoms with E-state index in [9.17, 15) is 9.36 Å². The van der Waals surface area contributed by atoms with Crippen LogP contribution in [-0.4, -0.2) is 31.8 Å². The molecule has 20 heavy (non-hydrogen) atoms. The maximum atomic E-state index is 12.1. The molecule has 0 spiro atoms. The molecule has 112 valence electrons. The number of ether oxygens (including phenoxy) is 1. The van der Waals surface area contributed by atoms with Gasteiger partial charge in [-0.1, -0.05) is 11.6 Å². The number of hydrogen-bond acceptors (Lipinski definition) is 5. The van der Waals surface area contributed by atoms with E-state index in [0.717, 1.165) is 0 Å². The number of carbonyl (C=O) groups is 1. The van der Waals surface area contributed by atoms with Crippen LogP contribution in [0.15, 0.2) is 24.3 Å². The molecule has 0 aliphatic rings. The number of halogens is 1. The number of benzene rings is 1. The quantitative estimate of drug-likeness (QED) is 0.651. The van der Waals surface area contributed by atoms with Gasteiger partial charge in [0.1, 0.15) is 18.5 Å². The van der Waals surface area contributed by atoms with Crippen molar-refractivity contribution in [3.8, 4) is 5.75 Å². The molecular formula is C13H18ClO5P.